The molecule has 0 radical (unpaired) electrons. The average molecular weight is 206 g/mol. The summed E-state index contributed by atoms with van der Waals surface area (Å²) in [6.07, 6.45) is 0.716. The molecule has 0 bridgehead atoms. The zero-order valence-electron chi connectivity index (χ0n) is 8.60. The summed E-state index contributed by atoms with van der Waals surface area (Å²) in [5, 5.41) is 20.2. The molecule has 0 aliphatic rings. The number of rotatable bonds is 3. The Bertz CT molecular complexity index is 459. The van der Waals surface area contributed by atoms with Crippen LogP contribution in [-0.2, 0) is 0 Å². The lowest BCUT2D eigenvalue weighted by atomic mass is 10.1. The summed E-state index contributed by atoms with van der Waals surface area (Å²) in [6.45, 7) is 1.98. The van der Waals surface area contributed by atoms with E-state index in [1.807, 2.05) is 19.1 Å². The molecule has 0 aliphatic heterocycles. The Morgan fingerprint density at radius 2 is 2.07 bits per heavy atom. The number of hydrogen-bond acceptors (Lipinski definition) is 3. The standard InChI is InChI=1S/C12H14O3/c1-2-5-9(13)12-11(14)8-6-3-4-7-10(8)15-12/h3-4,6-7,9,13-14H,2,5H2,1H3. The molecule has 1 aromatic carbocycles. The van der Waals surface area contributed by atoms with Gasteiger partial charge in [0.25, 0.3) is 0 Å². The molecule has 2 rings (SSSR count). The van der Waals surface area contributed by atoms with Crippen LogP contribution in [0.15, 0.2) is 28.7 Å². The van der Waals surface area contributed by atoms with Crippen LogP contribution in [0.25, 0.3) is 11.0 Å². The molecule has 2 N–H and O–H groups in total. The highest BCUT2D eigenvalue weighted by molar-refractivity contribution is 5.85. The smallest absolute Gasteiger partial charge is 0.175 e. The monoisotopic (exact) mass is 206 g/mol. The van der Waals surface area contributed by atoms with Crippen molar-refractivity contribution < 1.29 is 14.6 Å². The van der Waals surface area contributed by atoms with Crippen molar-refractivity contribution in [1.82, 2.24) is 0 Å². The van der Waals surface area contributed by atoms with E-state index in [2.05, 4.69) is 0 Å². The molecule has 0 fully saturated rings. The first-order valence-corrected chi connectivity index (χ1v) is 5.12. The van der Waals surface area contributed by atoms with E-state index in [4.69, 9.17) is 4.42 Å². The van der Waals surface area contributed by atoms with Gasteiger partial charge in [0.2, 0.25) is 0 Å². The number of furan rings is 1. The first-order chi connectivity index (χ1) is 7.24. The Morgan fingerprint density at radius 1 is 1.33 bits per heavy atom. The zero-order valence-corrected chi connectivity index (χ0v) is 8.60. The Morgan fingerprint density at radius 3 is 2.73 bits per heavy atom. The van der Waals surface area contributed by atoms with Crippen LogP contribution in [0, 0.1) is 0 Å². The molecule has 0 saturated carbocycles. The van der Waals surface area contributed by atoms with Crippen LogP contribution in [0.3, 0.4) is 0 Å². The first-order valence-electron chi connectivity index (χ1n) is 5.12. The van der Waals surface area contributed by atoms with Gasteiger partial charge in [0.1, 0.15) is 11.7 Å². The first kappa shape index (κ1) is 10.1. The second-order valence-electron chi connectivity index (χ2n) is 3.62. The largest absolute Gasteiger partial charge is 0.504 e. The summed E-state index contributed by atoms with van der Waals surface area (Å²) in [5.41, 5.74) is 0.611. The fourth-order valence-electron chi connectivity index (χ4n) is 1.68. The Balaban J connectivity index is 2.48. The molecule has 1 aromatic heterocycles. The molecule has 0 saturated heterocycles. The summed E-state index contributed by atoms with van der Waals surface area (Å²) < 4.78 is 5.41. The molecule has 1 atom stereocenters. The maximum Gasteiger partial charge on any atom is 0.175 e. The van der Waals surface area contributed by atoms with Gasteiger partial charge in [0, 0.05) is 0 Å². The van der Waals surface area contributed by atoms with Crippen LogP contribution in [-0.4, -0.2) is 10.2 Å². The minimum Gasteiger partial charge on any atom is -0.504 e. The Labute approximate surface area is 88.0 Å². The fourth-order valence-corrected chi connectivity index (χ4v) is 1.68. The molecule has 3 nitrogen and oxygen atoms in total. The van der Waals surface area contributed by atoms with E-state index >= 15 is 0 Å². The number of aromatic hydroxyl groups is 1. The second kappa shape index (κ2) is 3.95. The van der Waals surface area contributed by atoms with E-state index in [0.29, 0.717) is 17.4 Å². The Kier molecular flexibility index (Phi) is 2.64. The lowest BCUT2D eigenvalue weighted by Crippen LogP contribution is -1.94. The molecule has 80 valence electrons. The number of hydrogen-bond donors (Lipinski definition) is 2. The molecule has 0 aliphatic carbocycles. The molecule has 0 amide bonds. The number of para-hydroxylation sites is 1. The van der Waals surface area contributed by atoms with Gasteiger partial charge in [-0.15, -0.1) is 0 Å². The van der Waals surface area contributed by atoms with Crippen LogP contribution in [0.4, 0.5) is 0 Å². The van der Waals surface area contributed by atoms with E-state index in [0.717, 1.165) is 6.42 Å². The van der Waals surface area contributed by atoms with Crippen LogP contribution in [0.5, 0.6) is 5.75 Å². The maximum absolute atomic E-state index is 9.83. The minimum atomic E-state index is -0.720. The fraction of sp³-hybridized carbons (Fsp3) is 0.333. The van der Waals surface area contributed by atoms with E-state index in [1.165, 1.54) is 0 Å². The zero-order chi connectivity index (χ0) is 10.8. The predicted molar refractivity (Wildman–Crippen MR) is 57.7 cm³/mol. The predicted octanol–water partition coefficient (Wildman–Crippen LogP) is 2.97. The normalized spacial score (nSPS) is 13.2. The summed E-state index contributed by atoms with van der Waals surface area (Å²) in [6, 6.07) is 7.21. The van der Waals surface area contributed by atoms with Gasteiger partial charge in [-0.05, 0) is 18.6 Å². The molecular weight excluding hydrogens is 192 g/mol. The van der Waals surface area contributed by atoms with Crippen LogP contribution in [0.2, 0.25) is 0 Å². The molecule has 15 heavy (non-hydrogen) atoms. The highest BCUT2D eigenvalue weighted by Crippen LogP contribution is 2.36. The SMILES string of the molecule is CCCC(O)c1oc2ccccc2c1O. The molecule has 0 spiro atoms. The van der Waals surface area contributed by atoms with Gasteiger partial charge in [-0.2, -0.15) is 0 Å². The number of aliphatic hydroxyl groups excluding tert-OH is 1. The van der Waals surface area contributed by atoms with Gasteiger partial charge in [-0.25, -0.2) is 0 Å². The molecule has 1 heterocycles. The lowest BCUT2D eigenvalue weighted by molar-refractivity contribution is 0.137. The van der Waals surface area contributed by atoms with Crippen molar-refractivity contribution in [1.29, 1.82) is 0 Å². The number of benzene rings is 1. The molecular formula is C12H14O3. The summed E-state index contributed by atoms with van der Waals surface area (Å²) >= 11 is 0. The maximum atomic E-state index is 9.83. The average Bonchev–Trinajstić information content (AvgIpc) is 2.57. The summed E-state index contributed by atoms with van der Waals surface area (Å²) in [5.74, 6) is 0.338. The highest BCUT2D eigenvalue weighted by atomic mass is 16.4. The third-order valence-corrected chi connectivity index (χ3v) is 2.46. The third kappa shape index (κ3) is 1.70. The van der Waals surface area contributed by atoms with Crippen molar-refractivity contribution in [2.45, 2.75) is 25.9 Å². The summed E-state index contributed by atoms with van der Waals surface area (Å²) in [7, 11) is 0. The minimum absolute atomic E-state index is 0.0616. The van der Waals surface area contributed by atoms with Crippen molar-refractivity contribution in [3.05, 3.63) is 30.0 Å². The lowest BCUT2D eigenvalue weighted by Gasteiger charge is -2.05. The van der Waals surface area contributed by atoms with Crippen molar-refractivity contribution in [2.24, 2.45) is 0 Å². The van der Waals surface area contributed by atoms with Gasteiger partial charge < -0.3 is 14.6 Å². The van der Waals surface area contributed by atoms with Gasteiger partial charge >= 0.3 is 0 Å². The van der Waals surface area contributed by atoms with E-state index in [1.54, 1.807) is 12.1 Å². The molecule has 1 unspecified atom stereocenters. The summed E-state index contributed by atoms with van der Waals surface area (Å²) in [4.78, 5) is 0. The second-order valence-corrected chi connectivity index (χ2v) is 3.62. The molecule has 2 aromatic rings. The topological polar surface area (TPSA) is 53.6 Å². The van der Waals surface area contributed by atoms with E-state index < -0.39 is 6.10 Å². The number of fused-ring (bicyclic) bond motifs is 1. The van der Waals surface area contributed by atoms with E-state index in [-0.39, 0.29) is 11.5 Å². The van der Waals surface area contributed by atoms with Gasteiger partial charge in [0.05, 0.1) is 5.39 Å². The third-order valence-electron chi connectivity index (χ3n) is 2.46. The van der Waals surface area contributed by atoms with Gasteiger partial charge in [-0.1, -0.05) is 25.5 Å². The Hall–Kier alpha value is -1.48. The van der Waals surface area contributed by atoms with E-state index in [9.17, 15) is 10.2 Å². The van der Waals surface area contributed by atoms with Gasteiger partial charge in [-0.3, -0.25) is 0 Å². The quantitative estimate of drug-likeness (QED) is 0.811. The van der Waals surface area contributed by atoms with Crippen molar-refractivity contribution in [2.75, 3.05) is 0 Å². The van der Waals surface area contributed by atoms with Crippen LogP contribution in [0.1, 0.15) is 31.6 Å². The molecule has 3 heteroatoms. The van der Waals surface area contributed by atoms with Crippen molar-refractivity contribution in [3.8, 4) is 5.75 Å². The van der Waals surface area contributed by atoms with Crippen molar-refractivity contribution in [3.63, 3.8) is 0 Å². The number of aliphatic hydroxyl groups is 1. The van der Waals surface area contributed by atoms with Crippen LogP contribution >= 0.6 is 0 Å². The highest BCUT2D eigenvalue weighted by Gasteiger charge is 2.19. The van der Waals surface area contributed by atoms with Crippen LogP contribution < -0.4 is 0 Å². The van der Waals surface area contributed by atoms with Crippen molar-refractivity contribution >= 4 is 11.0 Å². The van der Waals surface area contributed by atoms with Gasteiger partial charge in [0.15, 0.2) is 11.5 Å².